The first kappa shape index (κ1) is 22.3. The Hall–Kier alpha value is -2.38. The van der Waals surface area contributed by atoms with Crippen molar-refractivity contribution in [1.29, 1.82) is 0 Å². The van der Waals surface area contributed by atoms with Crippen LogP contribution >= 0.6 is 23.8 Å². The number of nitrogens with zero attached hydrogens (tertiary/aromatic N) is 1. The van der Waals surface area contributed by atoms with Gasteiger partial charge in [-0.05, 0) is 61.0 Å². The van der Waals surface area contributed by atoms with Crippen molar-refractivity contribution in [2.45, 2.75) is 44.8 Å². The smallest absolute Gasteiger partial charge is 0.187 e. The largest absolute Gasteiger partial charge is 0.493 e. The molecule has 0 atom stereocenters. The lowest BCUT2D eigenvalue weighted by atomic mass is 9.96. The van der Waals surface area contributed by atoms with Crippen LogP contribution in [0.2, 0.25) is 5.02 Å². The molecular formula is C22H25ClFN3O2S. The normalized spacial score (nSPS) is 14.5. The second-order valence-corrected chi connectivity index (χ2v) is 7.89. The molecule has 0 radical (unpaired) electrons. The molecule has 0 unspecified atom stereocenters. The lowest BCUT2D eigenvalue weighted by molar-refractivity contribution is 0.280. The molecule has 2 aromatic rings. The second kappa shape index (κ2) is 11.1. The molecule has 2 aromatic carbocycles. The van der Waals surface area contributed by atoms with Gasteiger partial charge in [0.1, 0.15) is 12.4 Å². The Bertz CT molecular complexity index is 884. The number of nitrogens with one attached hydrogen (secondary N) is 2. The van der Waals surface area contributed by atoms with Crippen molar-refractivity contribution >= 4 is 35.1 Å². The van der Waals surface area contributed by atoms with E-state index in [1.807, 2.05) is 6.07 Å². The predicted octanol–water partition coefficient (Wildman–Crippen LogP) is 5.20. The Kier molecular flexibility index (Phi) is 8.28. The molecule has 0 bridgehead atoms. The first-order valence-corrected chi connectivity index (χ1v) is 10.7. The minimum atomic E-state index is -0.408. The molecule has 1 saturated carbocycles. The third kappa shape index (κ3) is 6.31. The van der Waals surface area contributed by atoms with E-state index < -0.39 is 5.82 Å². The van der Waals surface area contributed by atoms with Gasteiger partial charge < -0.3 is 14.8 Å². The van der Waals surface area contributed by atoms with Crippen molar-refractivity contribution in [1.82, 2.24) is 10.7 Å². The number of rotatable bonds is 7. The summed E-state index contributed by atoms with van der Waals surface area (Å²) in [7, 11) is 1.54. The fourth-order valence-electron chi connectivity index (χ4n) is 3.33. The van der Waals surface area contributed by atoms with E-state index in [0.717, 1.165) is 18.4 Å². The third-order valence-electron chi connectivity index (χ3n) is 4.94. The van der Waals surface area contributed by atoms with Gasteiger partial charge >= 0.3 is 0 Å². The molecule has 3 rings (SSSR count). The minimum Gasteiger partial charge on any atom is -0.493 e. The third-order valence-corrected chi connectivity index (χ3v) is 5.50. The van der Waals surface area contributed by atoms with Crippen molar-refractivity contribution in [3.63, 3.8) is 0 Å². The summed E-state index contributed by atoms with van der Waals surface area (Å²) >= 11 is 11.3. The molecule has 0 aromatic heterocycles. The molecule has 1 fully saturated rings. The summed E-state index contributed by atoms with van der Waals surface area (Å²) in [6, 6.07) is 10.3. The maximum atomic E-state index is 13.9. The van der Waals surface area contributed by atoms with Gasteiger partial charge in [0.15, 0.2) is 16.6 Å². The van der Waals surface area contributed by atoms with Gasteiger partial charge in [-0.1, -0.05) is 36.9 Å². The Morgan fingerprint density at radius 3 is 2.77 bits per heavy atom. The topological polar surface area (TPSA) is 54.9 Å². The van der Waals surface area contributed by atoms with Crippen molar-refractivity contribution in [3.8, 4) is 11.5 Å². The Morgan fingerprint density at radius 2 is 2.03 bits per heavy atom. The van der Waals surface area contributed by atoms with Crippen LogP contribution in [0.25, 0.3) is 0 Å². The van der Waals surface area contributed by atoms with Crippen molar-refractivity contribution in [2.24, 2.45) is 5.10 Å². The summed E-state index contributed by atoms with van der Waals surface area (Å²) in [5.41, 5.74) is 3.95. The van der Waals surface area contributed by atoms with E-state index in [1.54, 1.807) is 37.6 Å². The zero-order valence-electron chi connectivity index (χ0n) is 16.8. The van der Waals surface area contributed by atoms with Crippen LogP contribution in [0, 0.1) is 5.82 Å². The fourth-order valence-corrected chi connectivity index (χ4v) is 3.77. The molecule has 5 nitrogen and oxygen atoms in total. The molecule has 1 aliphatic carbocycles. The fraction of sp³-hybridized carbons (Fsp3) is 0.364. The van der Waals surface area contributed by atoms with Gasteiger partial charge in [-0.2, -0.15) is 5.10 Å². The molecule has 1 aliphatic rings. The number of hydrogen-bond donors (Lipinski definition) is 2. The van der Waals surface area contributed by atoms with Crippen LogP contribution in [0.5, 0.6) is 11.5 Å². The lowest BCUT2D eigenvalue weighted by Crippen LogP contribution is -2.40. The molecular weight excluding hydrogens is 425 g/mol. The van der Waals surface area contributed by atoms with E-state index >= 15 is 0 Å². The maximum absolute atomic E-state index is 13.9. The molecule has 160 valence electrons. The summed E-state index contributed by atoms with van der Waals surface area (Å²) in [4.78, 5) is 0. The highest BCUT2D eigenvalue weighted by Crippen LogP contribution is 2.29. The number of ether oxygens (including phenoxy) is 2. The number of benzene rings is 2. The van der Waals surface area contributed by atoms with Crippen LogP contribution in [-0.2, 0) is 6.61 Å². The van der Waals surface area contributed by atoms with Crippen LogP contribution in [0.4, 0.5) is 4.39 Å². The number of thiocarbonyl (C=S) groups is 1. The Balaban J connectivity index is 1.56. The molecule has 0 aliphatic heterocycles. The number of methoxy groups -OCH3 is 1. The van der Waals surface area contributed by atoms with E-state index in [-0.39, 0.29) is 6.61 Å². The lowest BCUT2D eigenvalue weighted by Gasteiger charge is -2.23. The zero-order chi connectivity index (χ0) is 21.3. The van der Waals surface area contributed by atoms with Gasteiger partial charge in [0, 0.05) is 11.6 Å². The van der Waals surface area contributed by atoms with Crippen molar-refractivity contribution in [3.05, 3.63) is 58.4 Å². The number of hydrogen-bond acceptors (Lipinski definition) is 4. The van der Waals surface area contributed by atoms with E-state index in [1.165, 1.54) is 25.3 Å². The summed E-state index contributed by atoms with van der Waals surface area (Å²) in [6.45, 7) is -0.00202. The Morgan fingerprint density at radius 1 is 1.23 bits per heavy atom. The van der Waals surface area contributed by atoms with Gasteiger partial charge in [0.05, 0.1) is 18.3 Å². The highest BCUT2D eigenvalue weighted by Gasteiger charge is 2.14. The SMILES string of the molecule is COc1cc(/C=N/NC(=S)NC2CCCCC2)ccc1OCc1c(F)cccc1Cl. The quantitative estimate of drug-likeness (QED) is 0.346. The van der Waals surface area contributed by atoms with Crippen LogP contribution in [0.3, 0.4) is 0 Å². The van der Waals surface area contributed by atoms with E-state index in [9.17, 15) is 4.39 Å². The highest BCUT2D eigenvalue weighted by atomic mass is 35.5. The second-order valence-electron chi connectivity index (χ2n) is 7.08. The standard InChI is InChI=1S/C22H25ClFN3O2S/c1-28-21-12-15(13-25-27-22(30)26-16-6-3-2-4-7-16)10-11-20(21)29-14-17-18(23)8-5-9-19(17)24/h5,8-13,16H,2-4,6-7,14H2,1H3,(H2,26,27,30)/b25-13+. The molecule has 0 amide bonds. The molecule has 0 saturated heterocycles. The summed E-state index contributed by atoms with van der Waals surface area (Å²) in [6.07, 6.45) is 7.70. The Labute approximate surface area is 186 Å². The maximum Gasteiger partial charge on any atom is 0.187 e. The van der Waals surface area contributed by atoms with Gasteiger partial charge in [0.2, 0.25) is 0 Å². The van der Waals surface area contributed by atoms with Gasteiger partial charge in [-0.3, -0.25) is 5.43 Å². The molecule has 2 N–H and O–H groups in total. The average Bonchev–Trinajstić information content (AvgIpc) is 2.74. The van der Waals surface area contributed by atoms with Gasteiger partial charge in [0.25, 0.3) is 0 Å². The summed E-state index contributed by atoms with van der Waals surface area (Å²) in [5, 5.41) is 8.33. The molecule has 30 heavy (non-hydrogen) atoms. The molecule has 8 heteroatoms. The summed E-state index contributed by atoms with van der Waals surface area (Å²) < 4.78 is 25.0. The van der Waals surface area contributed by atoms with E-state index in [4.69, 9.17) is 33.3 Å². The number of hydrazone groups is 1. The first-order chi connectivity index (χ1) is 14.6. The van der Waals surface area contributed by atoms with E-state index in [0.29, 0.717) is 33.2 Å². The van der Waals surface area contributed by atoms with Crippen LogP contribution in [0.1, 0.15) is 43.2 Å². The van der Waals surface area contributed by atoms with Gasteiger partial charge in [-0.25, -0.2) is 4.39 Å². The monoisotopic (exact) mass is 449 g/mol. The highest BCUT2D eigenvalue weighted by molar-refractivity contribution is 7.80. The van der Waals surface area contributed by atoms with Crippen molar-refractivity contribution < 1.29 is 13.9 Å². The van der Waals surface area contributed by atoms with E-state index in [2.05, 4.69) is 15.8 Å². The van der Waals surface area contributed by atoms with Crippen LogP contribution in [0.15, 0.2) is 41.5 Å². The van der Waals surface area contributed by atoms with Crippen molar-refractivity contribution in [2.75, 3.05) is 7.11 Å². The average molecular weight is 450 g/mol. The van der Waals surface area contributed by atoms with Crippen LogP contribution in [-0.4, -0.2) is 24.5 Å². The zero-order valence-corrected chi connectivity index (χ0v) is 18.4. The van der Waals surface area contributed by atoms with Crippen LogP contribution < -0.4 is 20.2 Å². The molecule has 0 spiro atoms. The summed E-state index contributed by atoms with van der Waals surface area (Å²) in [5.74, 6) is 0.583. The first-order valence-electron chi connectivity index (χ1n) is 9.90. The van der Waals surface area contributed by atoms with Gasteiger partial charge in [-0.15, -0.1) is 0 Å². The molecule has 0 heterocycles. The predicted molar refractivity (Wildman–Crippen MR) is 122 cm³/mol. The number of halogens is 2. The minimum absolute atomic E-state index is 0.00202.